The molecule has 0 fully saturated rings. The van der Waals surface area contributed by atoms with Crippen molar-refractivity contribution in [1.29, 1.82) is 0 Å². The summed E-state index contributed by atoms with van der Waals surface area (Å²) >= 11 is 0. The number of aliphatic hydroxyl groups excluding tert-OH is 1. The zero-order valence-corrected chi connectivity index (χ0v) is 11.8. The van der Waals surface area contributed by atoms with Gasteiger partial charge in [-0.05, 0) is 13.0 Å². The first-order valence-electron chi connectivity index (χ1n) is 5.25. The van der Waals surface area contributed by atoms with Gasteiger partial charge in [-0.1, -0.05) is 0 Å². The Labute approximate surface area is 99.4 Å². The summed E-state index contributed by atoms with van der Waals surface area (Å²) < 4.78 is 15.9. The van der Waals surface area contributed by atoms with Crippen molar-refractivity contribution in [3.63, 3.8) is 0 Å². The highest BCUT2D eigenvalue weighted by molar-refractivity contribution is 6.60. The molecule has 0 aromatic heterocycles. The van der Waals surface area contributed by atoms with Gasteiger partial charge in [-0.3, -0.25) is 0 Å². The van der Waals surface area contributed by atoms with Crippen molar-refractivity contribution >= 4 is 8.80 Å². The summed E-state index contributed by atoms with van der Waals surface area (Å²) in [6, 6.07) is 0.827. The zero-order chi connectivity index (χ0) is 12.9. The fraction of sp³-hybridized carbons (Fsp3) is 1.00. The largest absolute Gasteiger partial charge is 0.500 e. The summed E-state index contributed by atoms with van der Waals surface area (Å²) in [7, 11) is 3.55. The minimum Gasteiger partial charge on any atom is -0.400 e. The molecule has 0 aliphatic carbocycles. The molecule has 0 bridgehead atoms. The van der Waals surface area contributed by atoms with E-state index in [4.69, 9.17) is 24.1 Å². The molecular formula is C9H26N2O4Si. The third kappa shape index (κ3) is 8.17. The molecule has 0 radical (unpaired) electrons. The van der Waals surface area contributed by atoms with Crippen LogP contribution in [0.5, 0.6) is 0 Å². The maximum atomic E-state index is 7.00. The van der Waals surface area contributed by atoms with Gasteiger partial charge in [0.25, 0.3) is 0 Å². The van der Waals surface area contributed by atoms with Crippen molar-refractivity contribution < 1.29 is 18.4 Å². The van der Waals surface area contributed by atoms with Gasteiger partial charge in [0.15, 0.2) is 0 Å². The van der Waals surface area contributed by atoms with Crippen LogP contribution in [-0.4, -0.2) is 62.0 Å². The van der Waals surface area contributed by atoms with Crippen LogP contribution >= 0.6 is 0 Å². The van der Waals surface area contributed by atoms with E-state index in [1.807, 2.05) is 0 Å². The van der Waals surface area contributed by atoms with Gasteiger partial charge in [0.1, 0.15) is 0 Å². The lowest BCUT2D eigenvalue weighted by atomic mass is 10.5. The van der Waals surface area contributed by atoms with Crippen LogP contribution in [0.15, 0.2) is 0 Å². The van der Waals surface area contributed by atoms with Crippen LogP contribution in [0.2, 0.25) is 6.04 Å². The van der Waals surface area contributed by atoms with Crippen LogP contribution in [0.1, 0.15) is 6.42 Å². The summed E-state index contributed by atoms with van der Waals surface area (Å²) in [5.74, 6) is 0. The van der Waals surface area contributed by atoms with Gasteiger partial charge in [0, 0.05) is 47.6 Å². The first-order valence-corrected chi connectivity index (χ1v) is 7.19. The second-order valence-corrected chi connectivity index (χ2v) is 6.03. The zero-order valence-electron chi connectivity index (χ0n) is 10.8. The Morgan fingerprint density at radius 1 is 1.06 bits per heavy atom. The van der Waals surface area contributed by atoms with Crippen LogP contribution in [0.4, 0.5) is 0 Å². The van der Waals surface area contributed by atoms with E-state index in [2.05, 4.69) is 5.32 Å². The van der Waals surface area contributed by atoms with Gasteiger partial charge in [-0.25, -0.2) is 0 Å². The first kappa shape index (κ1) is 18.3. The van der Waals surface area contributed by atoms with E-state index in [-0.39, 0.29) is 0 Å². The molecule has 0 aromatic carbocycles. The number of nitrogens with two attached hydrogens (primary N) is 1. The highest BCUT2D eigenvalue weighted by Gasteiger charge is 2.36. The molecule has 0 saturated heterocycles. The van der Waals surface area contributed by atoms with Crippen molar-refractivity contribution in [2.75, 3.05) is 48.1 Å². The monoisotopic (exact) mass is 254 g/mol. The molecule has 0 rings (SSSR count). The normalized spacial score (nSPS) is 10.9. The van der Waals surface area contributed by atoms with Gasteiger partial charge in [0.2, 0.25) is 0 Å². The molecule has 0 aromatic rings. The SMILES string of the molecule is CO.CO[Si](CCCNCCN)(OC)OC. The molecule has 0 amide bonds. The van der Waals surface area contributed by atoms with E-state index in [0.29, 0.717) is 6.54 Å². The molecule has 0 atom stereocenters. The lowest BCUT2D eigenvalue weighted by Gasteiger charge is -2.24. The Morgan fingerprint density at radius 3 is 1.94 bits per heavy atom. The standard InChI is InChI=1S/C8H22N2O3Si.CH4O/c1-11-14(12-2,13-3)8-4-6-10-7-5-9;1-2/h10H,4-9H2,1-3H3;2H,1H3. The van der Waals surface area contributed by atoms with Crippen molar-refractivity contribution in [3.8, 4) is 0 Å². The lowest BCUT2D eigenvalue weighted by Crippen LogP contribution is -2.43. The number of hydrogen-bond acceptors (Lipinski definition) is 6. The van der Waals surface area contributed by atoms with Crippen LogP contribution in [0, 0.1) is 0 Å². The van der Waals surface area contributed by atoms with E-state index < -0.39 is 8.80 Å². The molecule has 0 unspecified atom stereocenters. The number of nitrogens with one attached hydrogen (secondary N) is 1. The molecule has 0 aliphatic rings. The van der Waals surface area contributed by atoms with E-state index in [1.165, 1.54) is 0 Å². The predicted octanol–water partition coefficient (Wildman–Crippen LogP) is -0.589. The highest BCUT2D eigenvalue weighted by atomic mass is 28.4. The number of aliphatic hydroxyl groups is 1. The van der Waals surface area contributed by atoms with E-state index >= 15 is 0 Å². The second-order valence-electron chi connectivity index (χ2n) is 2.94. The minimum absolute atomic E-state index is 0.668. The Kier molecular flexibility index (Phi) is 15.0. The van der Waals surface area contributed by atoms with Gasteiger partial charge in [-0.15, -0.1) is 0 Å². The summed E-state index contributed by atoms with van der Waals surface area (Å²) in [5, 5.41) is 10.2. The number of rotatable bonds is 9. The highest BCUT2D eigenvalue weighted by Crippen LogP contribution is 2.13. The lowest BCUT2D eigenvalue weighted by molar-refractivity contribution is 0.123. The predicted molar refractivity (Wildman–Crippen MR) is 66.3 cm³/mol. The molecule has 6 nitrogen and oxygen atoms in total. The molecule has 0 saturated carbocycles. The second kappa shape index (κ2) is 13.0. The molecule has 0 heterocycles. The molecule has 100 valence electrons. The molecule has 0 aliphatic heterocycles. The van der Waals surface area contributed by atoms with Gasteiger partial charge in [0.05, 0.1) is 0 Å². The van der Waals surface area contributed by atoms with Crippen molar-refractivity contribution in [2.24, 2.45) is 5.73 Å². The molecule has 7 heteroatoms. The maximum absolute atomic E-state index is 7.00. The summed E-state index contributed by atoms with van der Waals surface area (Å²) in [6.45, 7) is 2.44. The third-order valence-corrected chi connectivity index (χ3v) is 4.92. The minimum atomic E-state index is -2.35. The van der Waals surface area contributed by atoms with Crippen LogP contribution in [0.3, 0.4) is 0 Å². The molecule has 4 N–H and O–H groups in total. The Hall–Kier alpha value is -0.0231. The first-order chi connectivity index (χ1) is 7.74. The van der Waals surface area contributed by atoms with Crippen LogP contribution in [0.25, 0.3) is 0 Å². The van der Waals surface area contributed by atoms with Crippen molar-refractivity contribution in [2.45, 2.75) is 12.5 Å². The summed E-state index contributed by atoms with van der Waals surface area (Å²) in [6.07, 6.45) is 0.974. The Balaban J connectivity index is 0. The summed E-state index contributed by atoms with van der Waals surface area (Å²) in [4.78, 5) is 0. The fourth-order valence-electron chi connectivity index (χ4n) is 1.21. The topological polar surface area (TPSA) is 86.0 Å². The summed E-state index contributed by atoms with van der Waals surface area (Å²) in [5.41, 5.74) is 5.35. The molecular weight excluding hydrogens is 228 g/mol. The number of hydrogen-bond donors (Lipinski definition) is 3. The van der Waals surface area contributed by atoms with E-state index in [0.717, 1.165) is 32.7 Å². The Morgan fingerprint density at radius 2 is 1.56 bits per heavy atom. The molecule has 0 spiro atoms. The molecule has 16 heavy (non-hydrogen) atoms. The fourth-order valence-corrected chi connectivity index (χ4v) is 2.94. The average Bonchev–Trinajstić information content (AvgIpc) is 2.37. The van der Waals surface area contributed by atoms with E-state index in [1.54, 1.807) is 21.3 Å². The quantitative estimate of drug-likeness (QED) is 0.377. The van der Waals surface area contributed by atoms with Gasteiger partial charge >= 0.3 is 8.80 Å². The van der Waals surface area contributed by atoms with Gasteiger partial charge < -0.3 is 29.4 Å². The maximum Gasteiger partial charge on any atom is 0.500 e. The Bertz CT molecular complexity index is 128. The van der Waals surface area contributed by atoms with Gasteiger partial charge in [-0.2, -0.15) is 0 Å². The smallest absolute Gasteiger partial charge is 0.400 e. The van der Waals surface area contributed by atoms with Crippen LogP contribution in [-0.2, 0) is 13.3 Å². The van der Waals surface area contributed by atoms with Crippen LogP contribution < -0.4 is 11.1 Å². The van der Waals surface area contributed by atoms with Crippen molar-refractivity contribution in [3.05, 3.63) is 0 Å². The van der Waals surface area contributed by atoms with Crippen molar-refractivity contribution in [1.82, 2.24) is 5.32 Å². The average molecular weight is 254 g/mol. The van der Waals surface area contributed by atoms with E-state index in [9.17, 15) is 0 Å². The third-order valence-electron chi connectivity index (χ3n) is 2.09.